The highest BCUT2D eigenvalue weighted by molar-refractivity contribution is 9.09. The Kier molecular flexibility index (Phi) is 2.79. The maximum atomic E-state index is 11.0. The predicted molar refractivity (Wildman–Crippen MR) is 85.0 cm³/mol. The van der Waals surface area contributed by atoms with E-state index >= 15 is 0 Å². The molecule has 0 fully saturated rings. The summed E-state index contributed by atoms with van der Waals surface area (Å²) in [5, 5.41) is 0. The quantitative estimate of drug-likeness (QED) is 0.574. The molecule has 2 aromatic carbocycles. The van der Waals surface area contributed by atoms with Crippen LogP contribution in [0.15, 0.2) is 59.6 Å². The smallest absolute Gasteiger partial charge is 0.337 e. The van der Waals surface area contributed by atoms with Crippen LogP contribution in [0.4, 0.5) is 5.69 Å². The molecule has 1 heterocycles. The van der Waals surface area contributed by atoms with Gasteiger partial charge in [-0.2, -0.15) is 0 Å². The summed E-state index contributed by atoms with van der Waals surface area (Å²) < 4.78 is 4.96. The molecule has 4 heteroatoms. The average molecular weight is 340 g/mol. The van der Waals surface area contributed by atoms with Crippen molar-refractivity contribution in [3.8, 4) is 11.1 Å². The third-order valence-electron chi connectivity index (χ3n) is 3.64. The standard InChI is InChI=1S/C17H10BrNO2/c18-17-13-4-2-1-3-11(13)12-6-5-10(9-14(12)17)19-15-7-8-16(20)21-15/h1-9,17H/t17-/m1/s1. The zero-order valence-corrected chi connectivity index (χ0v) is 12.5. The number of benzene rings is 2. The Morgan fingerprint density at radius 3 is 2.62 bits per heavy atom. The number of aliphatic imine (C=N–C) groups is 1. The van der Waals surface area contributed by atoms with Crippen LogP contribution in [0.2, 0.25) is 0 Å². The fourth-order valence-corrected chi connectivity index (χ4v) is 3.48. The molecule has 0 unspecified atom stereocenters. The van der Waals surface area contributed by atoms with E-state index in [1.807, 2.05) is 24.3 Å². The van der Waals surface area contributed by atoms with E-state index in [4.69, 9.17) is 4.74 Å². The highest BCUT2D eigenvalue weighted by atomic mass is 79.9. The molecule has 0 N–H and O–H groups in total. The molecule has 1 aliphatic carbocycles. The van der Waals surface area contributed by atoms with Gasteiger partial charge in [0.25, 0.3) is 0 Å². The number of carbonyl (C=O) groups is 1. The molecule has 0 saturated heterocycles. The highest BCUT2D eigenvalue weighted by Crippen LogP contribution is 2.48. The zero-order valence-electron chi connectivity index (χ0n) is 10.9. The topological polar surface area (TPSA) is 38.7 Å². The van der Waals surface area contributed by atoms with Crippen molar-refractivity contribution in [2.45, 2.75) is 4.83 Å². The Labute approximate surface area is 130 Å². The third kappa shape index (κ3) is 2.03. The summed E-state index contributed by atoms with van der Waals surface area (Å²) >= 11 is 3.74. The minimum Gasteiger partial charge on any atom is -0.404 e. The van der Waals surface area contributed by atoms with Crippen molar-refractivity contribution in [3.63, 3.8) is 0 Å². The van der Waals surface area contributed by atoms with Gasteiger partial charge in [0.2, 0.25) is 5.90 Å². The molecule has 3 nitrogen and oxygen atoms in total. The number of halogens is 1. The highest BCUT2D eigenvalue weighted by Gasteiger charge is 2.26. The first-order valence-corrected chi connectivity index (χ1v) is 7.50. The molecular formula is C17H10BrNO2. The van der Waals surface area contributed by atoms with Crippen molar-refractivity contribution in [1.82, 2.24) is 0 Å². The molecule has 21 heavy (non-hydrogen) atoms. The van der Waals surface area contributed by atoms with Crippen LogP contribution in [0.5, 0.6) is 0 Å². The Balaban J connectivity index is 1.77. The summed E-state index contributed by atoms with van der Waals surface area (Å²) in [6.45, 7) is 0. The van der Waals surface area contributed by atoms with Gasteiger partial charge in [-0.05, 0) is 34.4 Å². The monoisotopic (exact) mass is 339 g/mol. The molecule has 1 atom stereocenters. The lowest BCUT2D eigenvalue weighted by molar-refractivity contribution is -0.129. The fourth-order valence-electron chi connectivity index (χ4n) is 2.70. The summed E-state index contributed by atoms with van der Waals surface area (Å²) in [6.07, 6.45) is 2.95. The van der Waals surface area contributed by atoms with Crippen LogP contribution in [0.3, 0.4) is 0 Å². The van der Waals surface area contributed by atoms with Gasteiger partial charge in [-0.15, -0.1) is 0 Å². The Morgan fingerprint density at radius 2 is 1.81 bits per heavy atom. The van der Waals surface area contributed by atoms with Gasteiger partial charge in [0.05, 0.1) is 10.5 Å². The molecule has 0 radical (unpaired) electrons. The van der Waals surface area contributed by atoms with E-state index in [0.29, 0.717) is 5.90 Å². The van der Waals surface area contributed by atoms with E-state index in [1.54, 1.807) is 6.08 Å². The van der Waals surface area contributed by atoms with Crippen LogP contribution in [0.1, 0.15) is 16.0 Å². The number of carbonyl (C=O) groups excluding carboxylic acids is 1. The minimum absolute atomic E-state index is 0.172. The zero-order chi connectivity index (χ0) is 14.4. The molecule has 0 amide bonds. The average Bonchev–Trinajstić information content (AvgIpc) is 3.03. The van der Waals surface area contributed by atoms with Gasteiger partial charge in [0.15, 0.2) is 0 Å². The largest absolute Gasteiger partial charge is 0.404 e. The number of fused-ring (bicyclic) bond motifs is 3. The summed E-state index contributed by atoms with van der Waals surface area (Å²) in [6, 6.07) is 14.4. The number of rotatable bonds is 1. The van der Waals surface area contributed by atoms with E-state index in [0.717, 1.165) is 5.69 Å². The molecule has 0 aromatic heterocycles. The Hall–Kier alpha value is -2.20. The van der Waals surface area contributed by atoms with Gasteiger partial charge in [-0.1, -0.05) is 46.3 Å². The lowest BCUT2D eigenvalue weighted by Crippen LogP contribution is -1.98. The van der Waals surface area contributed by atoms with Crippen LogP contribution in [-0.2, 0) is 9.53 Å². The normalized spacial score (nSPS) is 20.5. The van der Waals surface area contributed by atoms with Crippen LogP contribution in [0.25, 0.3) is 11.1 Å². The van der Waals surface area contributed by atoms with Gasteiger partial charge in [-0.25, -0.2) is 9.79 Å². The number of nitrogens with zero attached hydrogens (tertiary/aromatic N) is 1. The van der Waals surface area contributed by atoms with Gasteiger partial charge in [0.1, 0.15) is 0 Å². The molecule has 2 aromatic rings. The fraction of sp³-hybridized carbons (Fsp3) is 0.0588. The van der Waals surface area contributed by atoms with Gasteiger partial charge < -0.3 is 4.74 Å². The van der Waals surface area contributed by atoms with Crippen molar-refractivity contribution in [3.05, 3.63) is 65.7 Å². The maximum absolute atomic E-state index is 11.0. The van der Waals surface area contributed by atoms with Crippen molar-refractivity contribution in [2.24, 2.45) is 4.99 Å². The number of hydrogen-bond donors (Lipinski definition) is 0. The van der Waals surface area contributed by atoms with E-state index < -0.39 is 0 Å². The van der Waals surface area contributed by atoms with E-state index in [-0.39, 0.29) is 10.8 Å². The molecule has 1 aliphatic heterocycles. The van der Waals surface area contributed by atoms with E-state index in [2.05, 4.69) is 39.1 Å². The maximum Gasteiger partial charge on any atom is 0.337 e. The van der Waals surface area contributed by atoms with Crippen molar-refractivity contribution in [2.75, 3.05) is 0 Å². The van der Waals surface area contributed by atoms with Gasteiger partial charge >= 0.3 is 5.97 Å². The molecule has 102 valence electrons. The van der Waals surface area contributed by atoms with Crippen LogP contribution >= 0.6 is 15.9 Å². The lowest BCUT2D eigenvalue weighted by atomic mass is 10.1. The molecule has 0 bridgehead atoms. The minimum atomic E-state index is -0.374. The summed E-state index contributed by atoms with van der Waals surface area (Å²) in [7, 11) is 0. The number of hydrogen-bond acceptors (Lipinski definition) is 3. The first-order valence-electron chi connectivity index (χ1n) is 6.58. The van der Waals surface area contributed by atoms with Crippen LogP contribution in [0, 0.1) is 0 Å². The predicted octanol–water partition coefficient (Wildman–Crippen LogP) is 4.29. The molecular weight excluding hydrogens is 330 g/mol. The SMILES string of the molecule is O=C1C=CC(=Nc2ccc3c(c2)[C@H](Br)c2ccccc2-3)O1. The molecule has 2 aliphatic rings. The van der Waals surface area contributed by atoms with Crippen molar-refractivity contribution in [1.29, 1.82) is 0 Å². The van der Waals surface area contributed by atoms with Crippen LogP contribution < -0.4 is 0 Å². The molecule has 0 spiro atoms. The summed E-state index contributed by atoms with van der Waals surface area (Å²) in [4.78, 5) is 15.6. The Morgan fingerprint density at radius 1 is 1.00 bits per heavy atom. The first-order chi connectivity index (χ1) is 10.2. The second-order valence-electron chi connectivity index (χ2n) is 4.93. The number of alkyl halides is 1. The van der Waals surface area contributed by atoms with Crippen LogP contribution in [-0.4, -0.2) is 11.9 Å². The number of esters is 1. The Bertz CT molecular complexity index is 823. The number of cyclic esters (lactones) is 1. The molecule has 4 rings (SSSR count). The second-order valence-corrected chi connectivity index (χ2v) is 5.84. The number of ether oxygens (including phenoxy) is 1. The lowest BCUT2D eigenvalue weighted by Gasteiger charge is -2.05. The van der Waals surface area contributed by atoms with Gasteiger partial charge in [0, 0.05) is 12.2 Å². The summed E-state index contributed by atoms with van der Waals surface area (Å²) in [5.41, 5.74) is 5.70. The van der Waals surface area contributed by atoms with E-state index in [9.17, 15) is 4.79 Å². The van der Waals surface area contributed by atoms with Crippen molar-refractivity contribution >= 4 is 33.5 Å². The third-order valence-corrected chi connectivity index (χ3v) is 4.63. The van der Waals surface area contributed by atoms with Gasteiger partial charge in [-0.3, -0.25) is 0 Å². The summed E-state index contributed by atoms with van der Waals surface area (Å²) in [5.74, 6) is -0.0396. The van der Waals surface area contributed by atoms with E-state index in [1.165, 1.54) is 28.3 Å². The first kappa shape index (κ1) is 12.5. The van der Waals surface area contributed by atoms with Crippen molar-refractivity contribution < 1.29 is 9.53 Å². The second kappa shape index (κ2) is 4.67. The molecule has 0 saturated carbocycles.